The SMILES string of the molecule is Oc1c(O)c(O)c(-c2c3ccccc3c(C3=Cc4cccc5c4C4C(=CC=CC34)C=C5)c3ccccc23)c(O)c1O. The molecule has 5 N–H and O–H groups in total. The highest BCUT2D eigenvalue weighted by molar-refractivity contribution is 6.21. The van der Waals surface area contributed by atoms with Crippen molar-refractivity contribution < 1.29 is 25.5 Å². The minimum atomic E-state index is -0.978. The highest BCUT2D eigenvalue weighted by Gasteiger charge is 2.38. The van der Waals surface area contributed by atoms with Gasteiger partial charge in [-0.15, -0.1) is 0 Å². The van der Waals surface area contributed by atoms with Gasteiger partial charge in [0.15, 0.2) is 11.5 Å². The number of phenolic OH excluding ortho intramolecular Hbond substituents is 5. The maximum absolute atomic E-state index is 11.0. The van der Waals surface area contributed by atoms with Gasteiger partial charge in [-0.05, 0) is 54.9 Å². The zero-order chi connectivity index (χ0) is 28.0. The first-order valence-corrected chi connectivity index (χ1v) is 13.5. The maximum atomic E-state index is 11.0. The van der Waals surface area contributed by atoms with Gasteiger partial charge in [0.1, 0.15) is 0 Å². The van der Waals surface area contributed by atoms with Gasteiger partial charge in [0, 0.05) is 17.4 Å². The van der Waals surface area contributed by atoms with Crippen LogP contribution in [0.4, 0.5) is 0 Å². The molecule has 2 atom stereocenters. The molecule has 8 rings (SSSR count). The summed E-state index contributed by atoms with van der Waals surface area (Å²) >= 11 is 0. The van der Waals surface area contributed by atoms with Crippen molar-refractivity contribution in [2.75, 3.05) is 0 Å². The first-order chi connectivity index (χ1) is 20.0. The zero-order valence-corrected chi connectivity index (χ0v) is 21.7. The molecule has 41 heavy (non-hydrogen) atoms. The Morgan fingerprint density at radius 2 is 1.07 bits per heavy atom. The third-order valence-corrected chi connectivity index (χ3v) is 8.78. The predicted octanol–water partition coefficient (Wildman–Crippen LogP) is 7.97. The lowest BCUT2D eigenvalue weighted by atomic mass is 9.64. The molecule has 198 valence electrons. The number of benzene rings is 5. The molecule has 3 aliphatic rings. The Labute approximate surface area is 235 Å². The second-order valence-electron chi connectivity index (χ2n) is 10.8. The fourth-order valence-electron chi connectivity index (χ4n) is 7.05. The number of allylic oxidation sites excluding steroid dienone is 6. The molecule has 0 bridgehead atoms. The van der Waals surface area contributed by atoms with E-state index in [0.717, 1.165) is 27.1 Å². The van der Waals surface area contributed by atoms with Crippen molar-refractivity contribution in [1.82, 2.24) is 0 Å². The number of aromatic hydroxyl groups is 5. The Bertz CT molecular complexity index is 2030. The summed E-state index contributed by atoms with van der Waals surface area (Å²) in [6.07, 6.45) is 13.3. The molecule has 0 amide bonds. The molecular formula is C36H24O5. The van der Waals surface area contributed by atoms with Gasteiger partial charge in [-0.25, -0.2) is 0 Å². The molecule has 0 fully saturated rings. The number of fused-ring (bicyclic) bond motifs is 2. The number of hydrogen-bond donors (Lipinski definition) is 5. The van der Waals surface area contributed by atoms with Crippen molar-refractivity contribution in [2.24, 2.45) is 5.92 Å². The molecule has 0 aliphatic heterocycles. The predicted molar refractivity (Wildman–Crippen MR) is 162 cm³/mol. The van der Waals surface area contributed by atoms with E-state index in [4.69, 9.17) is 0 Å². The van der Waals surface area contributed by atoms with E-state index in [-0.39, 0.29) is 17.4 Å². The van der Waals surface area contributed by atoms with Crippen LogP contribution in [0.5, 0.6) is 28.7 Å². The fraction of sp³-hybridized carbons (Fsp3) is 0.0556. The summed E-state index contributed by atoms with van der Waals surface area (Å²) in [4.78, 5) is 0. The Hall–Kier alpha value is -5.42. The summed E-state index contributed by atoms with van der Waals surface area (Å²) in [5, 5.41) is 56.1. The van der Waals surface area contributed by atoms with Crippen LogP contribution in [0.3, 0.4) is 0 Å². The van der Waals surface area contributed by atoms with E-state index < -0.39 is 28.7 Å². The molecule has 2 unspecified atom stereocenters. The van der Waals surface area contributed by atoms with Gasteiger partial charge >= 0.3 is 0 Å². The average Bonchev–Trinajstić information content (AvgIpc) is 3.01. The standard InChI is InChI=1S/C36H24O5/c37-32-31(33(38)35(40)36(41)34(32)39)30-23-12-3-1-10-21(23)29(22-11-2-4-13-24(22)30)26-17-20-9-5-7-18-15-16-19-8-6-14-25(26)28(19)27(18)20/h1-17,25,28,37-41H. The molecule has 0 saturated heterocycles. The summed E-state index contributed by atoms with van der Waals surface area (Å²) < 4.78 is 0. The molecule has 0 aromatic heterocycles. The van der Waals surface area contributed by atoms with Crippen LogP contribution in [0.1, 0.15) is 28.2 Å². The first-order valence-electron chi connectivity index (χ1n) is 13.5. The largest absolute Gasteiger partial charge is 0.504 e. The molecule has 0 heterocycles. The van der Waals surface area contributed by atoms with Gasteiger partial charge in [-0.1, -0.05) is 103 Å². The molecule has 0 saturated carbocycles. The summed E-state index contributed by atoms with van der Waals surface area (Å²) in [6, 6.07) is 21.9. The topological polar surface area (TPSA) is 101 Å². The molecule has 5 aromatic carbocycles. The van der Waals surface area contributed by atoms with Crippen molar-refractivity contribution in [3.63, 3.8) is 0 Å². The Morgan fingerprint density at radius 1 is 0.512 bits per heavy atom. The minimum absolute atomic E-state index is 0.0924. The average molecular weight is 537 g/mol. The van der Waals surface area contributed by atoms with Crippen LogP contribution in [0.2, 0.25) is 0 Å². The molecular weight excluding hydrogens is 512 g/mol. The third-order valence-electron chi connectivity index (χ3n) is 8.78. The van der Waals surface area contributed by atoms with Gasteiger partial charge in [0.25, 0.3) is 0 Å². The summed E-state index contributed by atoms with van der Waals surface area (Å²) in [7, 11) is 0. The quantitative estimate of drug-likeness (QED) is 0.0895. The van der Waals surface area contributed by atoms with Gasteiger partial charge in [0.05, 0.1) is 5.56 Å². The summed E-state index contributed by atoms with van der Waals surface area (Å²) in [5.74, 6) is -3.91. The summed E-state index contributed by atoms with van der Waals surface area (Å²) in [6.45, 7) is 0. The fourth-order valence-corrected chi connectivity index (χ4v) is 7.05. The number of phenols is 5. The molecule has 5 aromatic rings. The van der Waals surface area contributed by atoms with Crippen LogP contribution in [-0.4, -0.2) is 25.5 Å². The highest BCUT2D eigenvalue weighted by atomic mass is 16.4. The van der Waals surface area contributed by atoms with Crippen LogP contribution < -0.4 is 0 Å². The number of hydrogen-bond acceptors (Lipinski definition) is 5. The highest BCUT2D eigenvalue weighted by Crippen LogP contribution is 2.59. The van der Waals surface area contributed by atoms with Gasteiger partial charge in [-0.2, -0.15) is 0 Å². The zero-order valence-electron chi connectivity index (χ0n) is 21.7. The lowest BCUT2D eigenvalue weighted by Crippen LogP contribution is -2.23. The van der Waals surface area contributed by atoms with E-state index in [1.54, 1.807) is 0 Å². The van der Waals surface area contributed by atoms with E-state index in [0.29, 0.717) is 5.56 Å². The van der Waals surface area contributed by atoms with E-state index in [1.165, 1.54) is 27.8 Å². The first kappa shape index (κ1) is 23.5. The minimum Gasteiger partial charge on any atom is -0.504 e. The van der Waals surface area contributed by atoms with Crippen LogP contribution in [0.25, 0.3) is 50.4 Å². The van der Waals surface area contributed by atoms with Crippen molar-refractivity contribution in [3.05, 3.63) is 119 Å². The normalized spacial score (nSPS) is 18.3. The monoisotopic (exact) mass is 536 g/mol. The van der Waals surface area contributed by atoms with Crippen molar-refractivity contribution in [3.8, 4) is 39.9 Å². The summed E-state index contributed by atoms with van der Waals surface area (Å²) in [5.41, 5.74) is 7.55. The van der Waals surface area contributed by atoms with Crippen molar-refractivity contribution in [1.29, 1.82) is 0 Å². The Kier molecular flexibility index (Phi) is 4.75. The smallest absolute Gasteiger partial charge is 0.208 e. The van der Waals surface area contributed by atoms with Gasteiger partial charge in [0.2, 0.25) is 17.2 Å². The molecule has 5 nitrogen and oxygen atoms in total. The second kappa shape index (κ2) is 8.29. The Morgan fingerprint density at radius 3 is 1.71 bits per heavy atom. The van der Waals surface area contributed by atoms with Crippen molar-refractivity contribution >= 4 is 39.3 Å². The Balaban J connectivity index is 1.52. The van der Waals surface area contributed by atoms with Crippen LogP contribution in [-0.2, 0) is 0 Å². The molecule has 3 aliphatic carbocycles. The van der Waals surface area contributed by atoms with E-state index in [1.807, 2.05) is 48.5 Å². The van der Waals surface area contributed by atoms with Crippen molar-refractivity contribution in [2.45, 2.75) is 5.92 Å². The molecule has 0 radical (unpaired) electrons. The molecule has 0 spiro atoms. The maximum Gasteiger partial charge on any atom is 0.208 e. The van der Waals surface area contributed by atoms with Crippen LogP contribution >= 0.6 is 0 Å². The second-order valence-corrected chi connectivity index (χ2v) is 10.8. The van der Waals surface area contributed by atoms with Gasteiger partial charge < -0.3 is 25.5 Å². The van der Waals surface area contributed by atoms with Crippen LogP contribution in [0.15, 0.2) is 96.6 Å². The third kappa shape index (κ3) is 3.06. The number of rotatable bonds is 2. The lowest BCUT2D eigenvalue weighted by Gasteiger charge is -2.39. The molecule has 5 heteroatoms. The van der Waals surface area contributed by atoms with Gasteiger partial charge in [-0.3, -0.25) is 0 Å². The van der Waals surface area contributed by atoms with E-state index in [9.17, 15) is 25.5 Å². The lowest BCUT2D eigenvalue weighted by molar-refractivity contribution is 0.330. The van der Waals surface area contributed by atoms with E-state index in [2.05, 4.69) is 54.7 Å². The van der Waals surface area contributed by atoms with Crippen LogP contribution in [0, 0.1) is 5.92 Å². The van der Waals surface area contributed by atoms with E-state index >= 15 is 0 Å².